The third-order valence-corrected chi connectivity index (χ3v) is 4.30. The van der Waals surface area contributed by atoms with Gasteiger partial charge in [-0.05, 0) is 57.5 Å². The average molecular weight is 349 g/mol. The van der Waals surface area contributed by atoms with Crippen LogP contribution in [-0.4, -0.2) is 60.7 Å². The molecule has 6 nitrogen and oxygen atoms in total. The number of esters is 1. The van der Waals surface area contributed by atoms with Crippen molar-refractivity contribution >= 4 is 11.8 Å². The van der Waals surface area contributed by atoms with Crippen molar-refractivity contribution in [2.75, 3.05) is 32.8 Å². The van der Waals surface area contributed by atoms with E-state index in [0.29, 0.717) is 31.0 Å². The van der Waals surface area contributed by atoms with E-state index >= 15 is 0 Å². The SMILES string of the molecule is CCOC(=O)[C@@H]1CCCN(C[C@H](O)COc2ccc(C(C)=O)cc2)C1. The number of carbonyl (C=O) groups excluding carboxylic acids is 2. The van der Waals surface area contributed by atoms with E-state index in [-0.39, 0.29) is 24.3 Å². The molecule has 2 rings (SSSR count). The van der Waals surface area contributed by atoms with Crippen molar-refractivity contribution in [1.29, 1.82) is 0 Å². The van der Waals surface area contributed by atoms with Gasteiger partial charge < -0.3 is 14.6 Å². The van der Waals surface area contributed by atoms with Gasteiger partial charge in [-0.25, -0.2) is 0 Å². The number of hydrogen-bond acceptors (Lipinski definition) is 6. The topological polar surface area (TPSA) is 76.1 Å². The van der Waals surface area contributed by atoms with Crippen molar-refractivity contribution in [3.8, 4) is 5.75 Å². The predicted molar refractivity (Wildman–Crippen MR) is 93.7 cm³/mol. The van der Waals surface area contributed by atoms with Crippen LogP contribution in [0.4, 0.5) is 0 Å². The van der Waals surface area contributed by atoms with Crippen molar-refractivity contribution in [2.45, 2.75) is 32.8 Å². The van der Waals surface area contributed by atoms with Crippen molar-refractivity contribution in [3.05, 3.63) is 29.8 Å². The van der Waals surface area contributed by atoms with E-state index in [1.165, 1.54) is 6.92 Å². The first-order chi connectivity index (χ1) is 12.0. The third-order valence-electron chi connectivity index (χ3n) is 4.30. The maximum absolute atomic E-state index is 11.9. The Hall–Kier alpha value is -1.92. The number of nitrogens with zero attached hydrogens (tertiary/aromatic N) is 1. The molecule has 1 heterocycles. The van der Waals surface area contributed by atoms with Crippen LogP contribution in [0.15, 0.2) is 24.3 Å². The number of ether oxygens (including phenoxy) is 2. The summed E-state index contributed by atoms with van der Waals surface area (Å²) in [5.41, 5.74) is 0.631. The van der Waals surface area contributed by atoms with Crippen molar-refractivity contribution < 1.29 is 24.2 Å². The highest BCUT2D eigenvalue weighted by Gasteiger charge is 2.27. The van der Waals surface area contributed by atoms with E-state index in [0.717, 1.165) is 19.4 Å². The largest absolute Gasteiger partial charge is 0.491 e. The lowest BCUT2D eigenvalue weighted by Gasteiger charge is -2.32. The van der Waals surface area contributed by atoms with Crippen LogP contribution in [0, 0.1) is 5.92 Å². The van der Waals surface area contributed by atoms with Crippen molar-refractivity contribution in [3.63, 3.8) is 0 Å². The van der Waals surface area contributed by atoms with Gasteiger partial charge in [0, 0.05) is 18.7 Å². The molecule has 1 saturated heterocycles. The standard InChI is InChI=1S/C19H27NO5/c1-3-24-19(23)16-5-4-10-20(11-16)12-17(22)13-25-18-8-6-15(7-9-18)14(2)21/h6-9,16-17,22H,3-5,10-13H2,1-2H3/t16-,17+/m1/s1. The number of β-amino-alcohol motifs (C(OH)–C–C–N with tert-alkyl or cyclic N) is 1. The molecule has 0 bridgehead atoms. The fourth-order valence-electron chi connectivity index (χ4n) is 3.00. The number of Topliss-reactive ketones (excluding diaryl/α,β-unsaturated/α-hetero) is 1. The summed E-state index contributed by atoms with van der Waals surface area (Å²) in [4.78, 5) is 25.2. The number of carbonyl (C=O) groups is 2. The summed E-state index contributed by atoms with van der Waals surface area (Å²) >= 11 is 0. The molecule has 1 aromatic carbocycles. The lowest BCUT2D eigenvalue weighted by Crippen LogP contribution is -2.44. The molecule has 1 aliphatic rings. The van der Waals surface area contributed by atoms with E-state index in [4.69, 9.17) is 9.47 Å². The summed E-state index contributed by atoms with van der Waals surface area (Å²) in [5, 5.41) is 10.2. The van der Waals surface area contributed by atoms with E-state index in [1.807, 2.05) is 6.92 Å². The molecule has 0 radical (unpaired) electrons. The Morgan fingerprint density at radius 2 is 2.04 bits per heavy atom. The number of aliphatic hydroxyl groups is 1. The number of aliphatic hydroxyl groups excluding tert-OH is 1. The minimum atomic E-state index is -0.645. The number of rotatable bonds is 8. The minimum absolute atomic E-state index is 0.00726. The summed E-state index contributed by atoms with van der Waals surface area (Å²) < 4.78 is 10.7. The second-order valence-corrected chi connectivity index (χ2v) is 6.40. The van der Waals surface area contributed by atoms with Gasteiger partial charge in [-0.3, -0.25) is 14.5 Å². The number of benzene rings is 1. The highest BCUT2D eigenvalue weighted by molar-refractivity contribution is 5.94. The molecule has 1 fully saturated rings. The molecular weight excluding hydrogens is 322 g/mol. The second kappa shape index (κ2) is 9.53. The maximum atomic E-state index is 11.9. The van der Waals surface area contributed by atoms with E-state index in [9.17, 15) is 14.7 Å². The van der Waals surface area contributed by atoms with Crippen LogP contribution in [0.3, 0.4) is 0 Å². The van der Waals surface area contributed by atoms with Gasteiger partial charge in [0.25, 0.3) is 0 Å². The highest BCUT2D eigenvalue weighted by atomic mass is 16.5. The Bertz CT molecular complexity index is 572. The summed E-state index contributed by atoms with van der Waals surface area (Å²) in [6, 6.07) is 6.86. The van der Waals surface area contributed by atoms with E-state index in [1.54, 1.807) is 24.3 Å². The van der Waals surface area contributed by atoms with E-state index < -0.39 is 6.10 Å². The highest BCUT2D eigenvalue weighted by Crippen LogP contribution is 2.18. The molecule has 1 N–H and O–H groups in total. The minimum Gasteiger partial charge on any atom is -0.491 e. The molecule has 1 aromatic rings. The molecule has 0 saturated carbocycles. The summed E-state index contributed by atoms with van der Waals surface area (Å²) in [7, 11) is 0. The number of ketones is 1. The Morgan fingerprint density at radius 1 is 1.32 bits per heavy atom. The number of likely N-dealkylation sites (tertiary alicyclic amines) is 1. The molecule has 138 valence electrons. The van der Waals surface area contributed by atoms with Crippen molar-refractivity contribution in [2.24, 2.45) is 5.92 Å². The van der Waals surface area contributed by atoms with Crippen LogP contribution < -0.4 is 4.74 Å². The fourth-order valence-corrected chi connectivity index (χ4v) is 3.00. The van der Waals surface area contributed by atoms with Gasteiger partial charge in [-0.15, -0.1) is 0 Å². The normalized spacial score (nSPS) is 19.2. The fraction of sp³-hybridized carbons (Fsp3) is 0.579. The molecule has 0 aliphatic carbocycles. The molecule has 0 amide bonds. The number of piperidine rings is 1. The van der Waals surface area contributed by atoms with Crippen LogP contribution >= 0.6 is 0 Å². The lowest BCUT2D eigenvalue weighted by molar-refractivity contribution is -0.150. The quantitative estimate of drug-likeness (QED) is 0.571. The monoisotopic (exact) mass is 349 g/mol. The maximum Gasteiger partial charge on any atom is 0.310 e. The first-order valence-corrected chi connectivity index (χ1v) is 8.80. The predicted octanol–water partition coefficient (Wildman–Crippen LogP) is 1.90. The van der Waals surface area contributed by atoms with Gasteiger partial charge >= 0.3 is 5.97 Å². The first kappa shape index (κ1) is 19.4. The smallest absolute Gasteiger partial charge is 0.310 e. The van der Waals surface area contributed by atoms with Gasteiger partial charge in [0.05, 0.1) is 12.5 Å². The van der Waals surface area contributed by atoms with Crippen LogP contribution in [0.5, 0.6) is 5.75 Å². The molecular formula is C19H27NO5. The molecule has 0 unspecified atom stereocenters. The Morgan fingerprint density at radius 3 is 2.68 bits per heavy atom. The van der Waals surface area contributed by atoms with Gasteiger partial charge in [0.15, 0.2) is 5.78 Å². The Balaban J connectivity index is 1.76. The first-order valence-electron chi connectivity index (χ1n) is 8.80. The second-order valence-electron chi connectivity index (χ2n) is 6.40. The number of hydrogen-bond donors (Lipinski definition) is 1. The summed E-state index contributed by atoms with van der Waals surface area (Å²) in [6.07, 6.45) is 1.11. The molecule has 6 heteroatoms. The summed E-state index contributed by atoms with van der Waals surface area (Å²) in [5.74, 6) is 0.365. The molecule has 25 heavy (non-hydrogen) atoms. The van der Waals surface area contributed by atoms with E-state index in [2.05, 4.69) is 4.90 Å². The lowest BCUT2D eigenvalue weighted by atomic mass is 9.98. The van der Waals surface area contributed by atoms with Gasteiger partial charge in [0.1, 0.15) is 18.5 Å². The average Bonchev–Trinajstić information content (AvgIpc) is 2.61. The van der Waals surface area contributed by atoms with Crippen LogP contribution in [0.25, 0.3) is 0 Å². The van der Waals surface area contributed by atoms with Crippen LogP contribution in [0.2, 0.25) is 0 Å². The third kappa shape index (κ3) is 6.14. The molecule has 1 aliphatic heterocycles. The Kier molecular flexibility index (Phi) is 7.40. The summed E-state index contributed by atoms with van der Waals surface area (Å²) in [6.45, 7) is 5.82. The molecule has 0 spiro atoms. The van der Waals surface area contributed by atoms with Crippen LogP contribution in [-0.2, 0) is 9.53 Å². The molecule has 2 atom stereocenters. The van der Waals surface area contributed by atoms with Gasteiger partial charge in [0.2, 0.25) is 0 Å². The van der Waals surface area contributed by atoms with Crippen molar-refractivity contribution in [1.82, 2.24) is 4.90 Å². The zero-order chi connectivity index (χ0) is 18.2. The van der Waals surface area contributed by atoms with Gasteiger partial charge in [-0.1, -0.05) is 0 Å². The molecule has 0 aromatic heterocycles. The zero-order valence-corrected chi connectivity index (χ0v) is 14.9. The Labute approximate surface area is 148 Å². The van der Waals surface area contributed by atoms with Crippen LogP contribution in [0.1, 0.15) is 37.0 Å². The van der Waals surface area contributed by atoms with Gasteiger partial charge in [-0.2, -0.15) is 0 Å². The zero-order valence-electron chi connectivity index (χ0n) is 14.9.